The molecule has 4 bridgehead atoms. The lowest BCUT2D eigenvalue weighted by Crippen LogP contribution is -2.48. The van der Waals surface area contributed by atoms with Crippen molar-refractivity contribution in [2.75, 3.05) is 0 Å². The monoisotopic (exact) mass is 312 g/mol. The van der Waals surface area contributed by atoms with Crippen LogP contribution in [-0.4, -0.2) is 14.6 Å². The van der Waals surface area contributed by atoms with Crippen molar-refractivity contribution < 1.29 is 0 Å². The van der Waals surface area contributed by atoms with Gasteiger partial charge in [-0.15, -0.1) is 0 Å². The zero-order valence-corrected chi connectivity index (χ0v) is 13.7. The molecule has 6 rings (SSSR count). The minimum atomic E-state index is 0.305. The number of fused-ring (bicyclic) bond motifs is 1. The Morgan fingerprint density at radius 2 is 1.86 bits per heavy atom. The number of hydrogen-bond acceptors (Lipinski definition) is 4. The Morgan fingerprint density at radius 1 is 1.23 bits per heavy atom. The molecule has 4 fully saturated rings. The van der Waals surface area contributed by atoms with Crippen molar-refractivity contribution in [3.63, 3.8) is 0 Å². The van der Waals surface area contributed by atoms with Gasteiger partial charge in [0.15, 0.2) is 5.69 Å². The van der Waals surface area contributed by atoms with Gasteiger partial charge in [0.25, 0.3) is 0 Å². The Bertz CT molecular complexity index is 758. The molecule has 2 aromatic heterocycles. The average Bonchev–Trinajstić information content (AvgIpc) is 3.02. The van der Waals surface area contributed by atoms with Crippen LogP contribution in [0.15, 0.2) is 0 Å². The summed E-state index contributed by atoms with van der Waals surface area (Å²) in [5.74, 6) is 2.76. The first-order valence-electron chi connectivity index (χ1n) is 8.50. The standard InChI is InChI=1S/C17H20N4S/c1-2-13-14(9-18)21-16(19-13)22-15(20-21)17-6-10-3-11(7-17)5-12(4-10)8-17/h10-12H,2-8H2,1H3. The molecule has 0 atom stereocenters. The maximum absolute atomic E-state index is 9.43. The van der Waals surface area contributed by atoms with E-state index in [0.717, 1.165) is 34.8 Å². The second kappa shape index (κ2) is 4.32. The maximum atomic E-state index is 9.43. The van der Waals surface area contributed by atoms with Gasteiger partial charge in [-0.05, 0) is 62.7 Å². The van der Waals surface area contributed by atoms with Crippen LogP contribution in [0.4, 0.5) is 0 Å². The third kappa shape index (κ3) is 1.62. The molecule has 4 aliphatic rings. The molecule has 0 aromatic carbocycles. The fraction of sp³-hybridized carbons (Fsp3) is 0.706. The Hall–Kier alpha value is -1.41. The molecule has 0 aliphatic heterocycles. The summed E-state index contributed by atoms with van der Waals surface area (Å²) < 4.78 is 1.82. The van der Waals surface area contributed by atoms with Crippen LogP contribution in [0.2, 0.25) is 0 Å². The van der Waals surface area contributed by atoms with E-state index in [1.165, 1.54) is 43.5 Å². The number of rotatable bonds is 2. The molecular formula is C17H20N4S. The second-order valence-electron chi connectivity index (χ2n) is 7.67. The smallest absolute Gasteiger partial charge is 0.213 e. The summed E-state index contributed by atoms with van der Waals surface area (Å²) in [5, 5.41) is 15.6. The molecule has 0 saturated heterocycles. The van der Waals surface area contributed by atoms with Crippen molar-refractivity contribution in [2.45, 2.75) is 57.3 Å². The second-order valence-corrected chi connectivity index (χ2v) is 8.63. The fourth-order valence-corrected chi connectivity index (χ4v) is 6.87. The van der Waals surface area contributed by atoms with Crippen LogP contribution in [-0.2, 0) is 11.8 Å². The minimum Gasteiger partial charge on any atom is -0.221 e. The average molecular weight is 312 g/mol. The molecule has 4 saturated carbocycles. The van der Waals surface area contributed by atoms with Crippen LogP contribution in [0.1, 0.15) is 61.8 Å². The van der Waals surface area contributed by atoms with Crippen LogP contribution in [0.5, 0.6) is 0 Å². The molecule has 0 radical (unpaired) electrons. The van der Waals surface area contributed by atoms with Gasteiger partial charge >= 0.3 is 0 Å². The fourth-order valence-electron chi connectivity index (χ4n) is 5.74. The highest BCUT2D eigenvalue weighted by atomic mass is 32.1. The van der Waals surface area contributed by atoms with Crippen LogP contribution in [0, 0.1) is 29.1 Å². The minimum absolute atomic E-state index is 0.305. The number of nitrogens with zero attached hydrogens (tertiary/aromatic N) is 4. The number of hydrogen-bond donors (Lipinski definition) is 0. The van der Waals surface area contributed by atoms with Crippen LogP contribution < -0.4 is 0 Å². The first-order valence-corrected chi connectivity index (χ1v) is 9.31. The van der Waals surface area contributed by atoms with Gasteiger partial charge in [-0.2, -0.15) is 14.9 Å². The summed E-state index contributed by atoms with van der Waals surface area (Å²) in [5.41, 5.74) is 1.84. The van der Waals surface area contributed by atoms with Crippen molar-refractivity contribution in [2.24, 2.45) is 17.8 Å². The highest BCUT2D eigenvalue weighted by Gasteiger charge is 2.53. The molecule has 22 heavy (non-hydrogen) atoms. The summed E-state index contributed by atoms with van der Waals surface area (Å²) in [4.78, 5) is 5.56. The van der Waals surface area contributed by atoms with Crippen molar-refractivity contribution in [3.8, 4) is 6.07 Å². The molecule has 114 valence electrons. The molecule has 4 nitrogen and oxygen atoms in total. The third-order valence-corrected chi connectivity index (χ3v) is 7.36. The Kier molecular flexibility index (Phi) is 2.57. The van der Waals surface area contributed by atoms with Crippen molar-refractivity contribution in [1.82, 2.24) is 14.6 Å². The first kappa shape index (κ1) is 13.1. The summed E-state index contributed by atoms with van der Waals surface area (Å²) in [6.45, 7) is 2.05. The van der Waals surface area contributed by atoms with E-state index in [4.69, 9.17) is 5.10 Å². The van der Waals surface area contributed by atoms with E-state index in [-0.39, 0.29) is 0 Å². The molecule has 2 heterocycles. The number of aromatic nitrogens is 3. The van der Waals surface area contributed by atoms with Gasteiger partial charge in [0.1, 0.15) is 11.1 Å². The van der Waals surface area contributed by atoms with Crippen molar-refractivity contribution in [1.29, 1.82) is 5.26 Å². The summed E-state index contributed by atoms with van der Waals surface area (Å²) >= 11 is 1.74. The van der Waals surface area contributed by atoms with Gasteiger partial charge in [0, 0.05) is 5.41 Å². The quantitative estimate of drug-likeness (QED) is 0.849. The lowest BCUT2D eigenvalue weighted by atomic mass is 9.50. The molecule has 0 unspecified atom stereocenters. The zero-order chi connectivity index (χ0) is 14.9. The van der Waals surface area contributed by atoms with Crippen LogP contribution >= 0.6 is 11.3 Å². The van der Waals surface area contributed by atoms with E-state index >= 15 is 0 Å². The van der Waals surface area contributed by atoms with Gasteiger partial charge in [-0.1, -0.05) is 18.3 Å². The Morgan fingerprint density at radius 3 is 2.41 bits per heavy atom. The van der Waals surface area contributed by atoms with Crippen molar-refractivity contribution in [3.05, 3.63) is 16.4 Å². The summed E-state index contributed by atoms with van der Waals surface area (Å²) in [6, 6.07) is 2.30. The highest BCUT2D eigenvalue weighted by Crippen LogP contribution is 2.61. The normalized spacial score (nSPS) is 36.1. The van der Waals surface area contributed by atoms with Gasteiger partial charge in [0.05, 0.1) is 5.69 Å². The number of nitriles is 1. The topological polar surface area (TPSA) is 54.0 Å². The van der Waals surface area contributed by atoms with Crippen molar-refractivity contribution >= 4 is 16.3 Å². The molecule has 4 aliphatic carbocycles. The first-order chi connectivity index (χ1) is 10.7. The van der Waals surface area contributed by atoms with E-state index in [1.54, 1.807) is 11.3 Å². The van der Waals surface area contributed by atoms with Gasteiger partial charge in [-0.25, -0.2) is 4.98 Å². The molecule has 0 amide bonds. The Balaban J connectivity index is 1.62. The van der Waals surface area contributed by atoms with E-state index in [2.05, 4.69) is 11.1 Å². The van der Waals surface area contributed by atoms with Gasteiger partial charge in [0.2, 0.25) is 4.96 Å². The zero-order valence-electron chi connectivity index (χ0n) is 12.9. The van der Waals surface area contributed by atoms with Gasteiger partial charge < -0.3 is 0 Å². The predicted octanol–water partition coefficient (Wildman–Crippen LogP) is 3.69. The lowest BCUT2D eigenvalue weighted by molar-refractivity contribution is -0.00566. The molecule has 0 N–H and O–H groups in total. The third-order valence-electron chi connectivity index (χ3n) is 6.21. The summed E-state index contributed by atoms with van der Waals surface area (Å²) in [6.07, 6.45) is 9.10. The molecular weight excluding hydrogens is 292 g/mol. The van der Waals surface area contributed by atoms with Crippen LogP contribution in [0.25, 0.3) is 4.96 Å². The highest BCUT2D eigenvalue weighted by molar-refractivity contribution is 7.16. The van der Waals surface area contributed by atoms with E-state index in [0.29, 0.717) is 11.1 Å². The molecule has 0 spiro atoms. The van der Waals surface area contributed by atoms with Gasteiger partial charge in [-0.3, -0.25) is 0 Å². The van der Waals surface area contributed by atoms with E-state index in [9.17, 15) is 5.26 Å². The maximum Gasteiger partial charge on any atom is 0.213 e. The molecule has 2 aromatic rings. The largest absolute Gasteiger partial charge is 0.221 e. The lowest BCUT2D eigenvalue weighted by Gasteiger charge is -2.55. The summed E-state index contributed by atoms with van der Waals surface area (Å²) in [7, 11) is 0. The Labute approximate surface area is 134 Å². The van der Waals surface area contributed by atoms with E-state index < -0.39 is 0 Å². The molecule has 5 heteroatoms. The predicted molar refractivity (Wildman–Crippen MR) is 84.8 cm³/mol. The van der Waals surface area contributed by atoms with Crippen LogP contribution in [0.3, 0.4) is 0 Å². The number of imidazole rings is 1. The van der Waals surface area contributed by atoms with E-state index in [1.807, 2.05) is 11.4 Å². The SMILES string of the molecule is CCc1nc2sc(C34CC5CC(CC(C5)C3)C4)nn2c1C#N. The number of aryl methyl sites for hydroxylation is 1.